The Hall–Kier alpha value is -2.40. The van der Waals surface area contributed by atoms with Crippen molar-refractivity contribution in [2.45, 2.75) is 12.5 Å². The number of imide groups is 1. The van der Waals surface area contributed by atoms with Crippen molar-refractivity contribution < 1.29 is 9.59 Å². The highest BCUT2D eigenvalue weighted by Gasteiger charge is 2.39. The number of hydrogen-bond donors (Lipinski definition) is 0. The van der Waals surface area contributed by atoms with E-state index in [1.54, 1.807) is 38.6 Å². The van der Waals surface area contributed by atoms with Gasteiger partial charge >= 0.3 is 6.03 Å². The topological polar surface area (TPSA) is 53.5 Å². The zero-order valence-electron chi connectivity index (χ0n) is 12.9. The zero-order valence-corrected chi connectivity index (χ0v) is 13.6. The maximum atomic E-state index is 12.6. The van der Waals surface area contributed by atoms with E-state index in [-0.39, 0.29) is 18.4 Å². The molecule has 6 heteroatoms. The van der Waals surface area contributed by atoms with Crippen LogP contribution in [0, 0.1) is 0 Å². The Morgan fingerprint density at radius 3 is 2.74 bits per heavy atom. The highest BCUT2D eigenvalue weighted by atomic mass is 35.5. The van der Waals surface area contributed by atoms with Gasteiger partial charge in [-0.05, 0) is 28.8 Å². The van der Waals surface area contributed by atoms with Crippen molar-refractivity contribution in [3.8, 4) is 0 Å². The standard InChI is InChI=1S/C17H16ClN3O2/c1-20(2)17(23)21-15(22)9-13-12(6-3-7-14(13)18)16(21)11-5-4-8-19-10-11/h3-8,10,16H,9H2,1-2H3. The molecule has 5 nitrogen and oxygen atoms in total. The van der Waals surface area contributed by atoms with Crippen LogP contribution in [0.25, 0.3) is 0 Å². The van der Waals surface area contributed by atoms with Gasteiger partial charge in [0.2, 0.25) is 5.91 Å². The Balaban J connectivity index is 2.21. The SMILES string of the molecule is CN(C)C(=O)N1C(=O)Cc2c(Cl)cccc2C1c1cccnc1. The van der Waals surface area contributed by atoms with Gasteiger partial charge < -0.3 is 4.90 Å². The third-order valence-electron chi connectivity index (χ3n) is 3.89. The van der Waals surface area contributed by atoms with Gasteiger partial charge in [0.1, 0.15) is 0 Å². The molecule has 1 aromatic heterocycles. The zero-order chi connectivity index (χ0) is 16.6. The van der Waals surface area contributed by atoms with E-state index in [0.29, 0.717) is 5.02 Å². The number of benzene rings is 1. The Morgan fingerprint density at radius 2 is 2.09 bits per heavy atom. The van der Waals surface area contributed by atoms with E-state index >= 15 is 0 Å². The molecule has 1 atom stereocenters. The van der Waals surface area contributed by atoms with E-state index < -0.39 is 6.04 Å². The molecule has 1 aliphatic rings. The van der Waals surface area contributed by atoms with Crippen molar-refractivity contribution in [2.24, 2.45) is 0 Å². The molecule has 2 heterocycles. The first kappa shape index (κ1) is 15.5. The van der Waals surface area contributed by atoms with Crippen LogP contribution in [0.4, 0.5) is 4.79 Å². The lowest BCUT2D eigenvalue weighted by Crippen LogP contribution is -2.49. The molecule has 0 bridgehead atoms. The number of rotatable bonds is 1. The Labute approximate surface area is 139 Å². The molecule has 3 rings (SSSR count). The normalized spacial score (nSPS) is 16.9. The number of carbonyl (C=O) groups excluding carboxylic acids is 2. The van der Waals surface area contributed by atoms with Crippen molar-refractivity contribution >= 4 is 23.5 Å². The van der Waals surface area contributed by atoms with Crippen molar-refractivity contribution in [1.82, 2.24) is 14.8 Å². The molecule has 1 aliphatic heterocycles. The first-order valence-corrected chi connectivity index (χ1v) is 7.59. The fraction of sp³-hybridized carbons (Fsp3) is 0.235. The van der Waals surface area contributed by atoms with Crippen molar-refractivity contribution in [3.05, 3.63) is 64.4 Å². The monoisotopic (exact) mass is 329 g/mol. The Kier molecular flexibility index (Phi) is 4.05. The van der Waals surface area contributed by atoms with Gasteiger partial charge in [-0.2, -0.15) is 0 Å². The fourth-order valence-corrected chi connectivity index (χ4v) is 3.09. The predicted molar refractivity (Wildman–Crippen MR) is 87.2 cm³/mol. The number of hydrogen-bond acceptors (Lipinski definition) is 3. The molecule has 118 valence electrons. The van der Waals surface area contributed by atoms with Crippen LogP contribution in [0.15, 0.2) is 42.7 Å². The van der Waals surface area contributed by atoms with Gasteiger partial charge in [0.15, 0.2) is 0 Å². The number of halogens is 1. The second kappa shape index (κ2) is 6.01. The molecule has 0 saturated heterocycles. The summed E-state index contributed by atoms with van der Waals surface area (Å²) in [6, 6.07) is 8.27. The van der Waals surface area contributed by atoms with E-state index in [2.05, 4.69) is 4.98 Å². The van der Waals surface area contributed by atoms with Crippen LogP contribution < -0.4 is 0 Å². The van der Waals surface area contributed by atoms with Crippen LogP contribution in [0.3, 0.4) is 0 Å². The Bertz CT molecular complexity index is 762. The smallest absolute Gasteiger partial charge is 0.327 e. The molecular formula is C17H16ClN3O2. The summed E-state index contributed by atoms with van der Waals surface area (Å²) in [6.45, 7) is 0. The van der Waals surface area contributed by atoms with Gasteiger partial charge in [-0.15, -0.1) is 0 Å². The highest BCUT2D eigenvalue weighted by Crippen LogP contribution is 2.38. The minimum atomic E-state index is -0.520. The molecule has 0 spiro atoms. The summed E-state index contributed by atoms with van der Waals surface area (Å²) < 4.78 is 0. The van der Waals surface area contributed by atoms with E-state index in [4.69, 9.17) is 11.6 Å². The number of pyridine rings is 1. The lowest BCUT2D eigenvalue weighted by atomic mass is 9.88. The minimum Gasteiger partial charge on any atom is -0.330 e. The second-order valence-corrected chi connectivity index (χ2v) is 6.02. The predicted octanol–water partition coefficient (Wildman–Crippen LogP) is 2.89. The largest absolute Gasteiger partial charge is 0.330 e. The first-order valence-electron chi connectivity index (χ1n) is 7.21. The summed E-state index contributed by atoms with van der Waals surface area (Å²) in [5.41, 5.74) is 2.41. The quantitative estimate of drug-likeness (QED) is 0.808. The van der Waals surface area contributed by atoms with Gasteiger partial charge in [-0.3, -0.25) is 14.7 Å². The lowest BCUT2D eigenvalue weighted by Gasteiger charge is -2.37. The summed E-state index contributed by atoms with van der Waals surface area (Å²) in [4.78, 5) is 32.0. The molecule has 0 N–H and O–H groups in total. The number of amides is 3. The van der Waals surface area contributed by atoms with Gasteiger partial charge in [-0.1, -0.05) is 29.8 Å². The van der Waals surface area contributed by atoms with Crippen LogP contribution >= 0.6 is 11.6 Å². The van der Waals surface area contributed by atoms with Crippen LogP contribution in [-0.2, 0) is 11.2 Å². The van der Waals surface area contributed by atoms with E-state index in [0.717, 1.165) is 16.7 Å². The maximum absolute atomic E-state index is 12.6. The van der Waals surface area contributed by atoms with Crippen LogP contribution in [-0.4, -0.2) is 40.8 Å². The fourth-order valence-electron chi connectivity index (χ4n) is 2.84. The molecule has 0 aliphatic carbocycles. The summed E-state index contributed by atoms with van der Waals surface area (Å²) in [5.74, 6) is -0.266. The molecule has 0 saturated carbocycles. The summed E-state index contributed by atoms with van der Waals surface area (Å²) >= 11 is 6.27. The van der Waals surface area contributed by atoms with Crippen molar-refractivity contribution in [1.29, 1.82) is 0 Å². The second-order valence-electron chi connectivity index (χ2n) is 5.61. The van der Waals surface area contributed by atoms with Gasteiger partial charge in [0.05, 0.1) is 12.5 Å². The number of urea groups is 1. The van der Waals surface area contributed by atoms with Gasteiger partial charge in [0.25, 0.3) is 0 Å². The van der Waals surface area contributed by atoms with Crippen LogP contribution in [0.1, 0.15) is 22.7 Å². The van der Waals surface area contributed by atoms with Crippen molar-refractivity contribution in [3.63, 3.8) is 0 Å². The van der Waals surface area contributed by atoms with Crippen LogP contribution in [0.2, 0.25) is 5.02 Å². The molecule has 3 amide bonds. The lowest BCUT2D eigenvalue weighted by molar-refractivity contribution is -0.130. The molecule has 23 heavy (non-hydrogen) atoms. The van der Waals surface area contributed by atoms with Gasteiger partial charge in [-0.25, -0.2) is 4.79 Å². The highest BCUT2D eigenvalue weighted by molar-refractivity contribution is 6.31. The summed E-state index contributed by atoms with van der Waals surface area (Å²) in [7, 11) is 3.26. The molecule has 1 aromatic carbocycles. The third kappa shape index (κ3) is 2.68. The maximum Gasteiger partial charge on any atom is 0.327 e. The molecular weight excluding hydrogens is 314 g/mol. The molecule has 2 aromatic rings. The number of fused-ring (bicyclic) bond motifs is 1. The Morgan fingerprint density at radius 1 is 1.30 bits per heavy atom. The summed E-state index contributed by atoms with van der Waals surface area (Å²) in [5, 5.41) is 0.543. The van der Waals surface area contributed by atoms with E-state index in [1.807, 2.05) is 18.2 Å². The number of nitrogens with zero attached hydrogens (tertiary/aromatic N) is 3. The first-order chi connectivity index (χ1) is 11.0. The van der Waals surface area contributed by atoms with Gasteiger partial charge in [0, 0.05) is 31.5 Å². The average molecular weight is 330 g/mol. The van der Waals surface area contributed by atoms with E-state index in [9.17, 15) is 9.59 Å². The average Bonchev–Trinajstić information content (AvgIpc) is 2.54. The molecule has 0 fully saturated rings. The molecule has 0 radical (unpaired) electrons. The van der Waals surface area contributed by atoms with Crippen LogP contribution in [0.5, 0.6) is 0 Å². The number of carbonyl (C=O) groups is 2. The minimum absolute atomic E-state index is 0.116. The summed E-state index contributed by atoms with van der Waals surface area (Å²) in [6.07, 6.45) is 3.44. The third-order valence-corrected chi connectivity index (χ3v) is 4.25. The molecule has 1 unspecified atom stereocenters. The number of aromatic nitrogens is 1. The van der Waals surface area contributed by atoms with E-state index in [1.165, 1.54) is 9.80 Å². The van der Waals surface area contributed by atoms with Crippen molar-refractivity contribution in [2.75, 3.05) is 14.1 Å².